The number of hydrogen-bond acceptors (Lipinski definition) is 3. The molecule has 1 aliphatic heterocycles. The zero-order valence-electron chi connectivity index (χ0n) is 12.8. The quantitative estimate of drug-likeness (QED) is 0.802. The fourth-order valence-electron chi connectivity index (χ4n) is 3.37. The highest BCUT2D eigenvalue weighted by Crippen LogP contribution is 2.48. The van der Waals surface area contributed by atoms with E-state index in [1.807, 2.05) is 0 Å². The van der Waals surface area contributed by atoms with E-state index in [0.717, 1.165) is 12.8 Å². The van der Waals surface area contributed by atoms with E-state index in [9.17, 15) is 19.5 Å². The minimum atomic E-state index is -1.19. The highest BCUT2D eigenvalue weighted by molar-refractivity contribution is 6.06. The fraction of sp³-hybridized carbons (Fsp3) is 0.800. The topological polar surface area (TPSA) is 74.7 Å². The van der Waals surface area contributed by atoms with E-state index in [1.54, 1.807) is 27.7 Å². The first-order chi connectivity index (χ1) is 9.01. The SMILES string of the molecule is CC1CC2C(=O)N(C(C)(C)C(C)(C)C(=O)O)C(=O)C2C1. The fourth-order valence-corrected chi connectivity index (χ4v) is 3.37. The third-order valence-electron chi connectivity index (χ3n) is 5.50. The van der Waals surface area contributed by atoms with Gasteiger partial charge >= 0.3 is 5.97 Å². The van der Waals surface area contributed by atoms with Crippen LogP contribution in [0.4, 0.5) is 0 Å². The molecule has 0 radical (unpaired) electrons. The Balaban J connectivity index is 2.37. The largest absolute Gasteiger partial charge is 0.481 e. The Morgan fingerprint density at radius 3 is 1.85 bits per heavy atom. The van der Waals surface area contributed by atoms with Crippen LogP contribution in [-0.2, 0) is 14.4 Å². The van der Waals surface area contributed by atoms with Gasteiger partial charge in [0, 0.05) is 0 Å². The van der Waals surface area contributed by atoms with Gasteiger partial charge < -0.3 is 5.11 Å². The molecule has 20 heavy (non-hydrogen) atoms. The van der Waals surface area contributed by atoms with Crippen molar-refractivity contribution >= 4 is 17.8 Å². The van der Waals surface area contributed by atoms with Gasteiger partial charge in [-0.1, -0.05) is 6.92 Å². The third kappa shape index (κ3) is 1.79. The van der Waals surface area contributed by atoms with Crippen molar-refractivity contribution in [2.45, 2.75) is 53.0 Å². The number of aliphatic carboxylic acids is 1. The molecule has 0 aromatic heterocycles. The summed E-state index contributed by atoms with van der Waals surface area (Å²) in [5, 5.41) is 9.41. The van der Waals surface area contributed by atoms with Crippen molar-refractivity contribution in [1.29, 1.82) is 0 Å². The molecule has 0 spiro atoms. The number of carboxylic acids is 1. The van der Waals surface area contributed by atoms with Crippen LogP contribution in [0.3, 0.4) is 0 Å². The van der Waals surface area contributed by atoms with E-state index in [1.165, 1.54) is 4.90 Å². The van der Waals surface area contributed by atoms with Crippen LogP contribution in [0.2, 0.25) is 0 Å². The van der Waals surface area contributed by atoms with Gasteiger partial charge in [0.1, 0.15) is 0 Å². The smallest absolute Gasteiger partial charge is 0.311 e. The Morgan fingerprint density at radius 1 is 1.10 bits per heavy atom. The van der Waals surface area contributed by atoms with E-state index in [0.29, 0.717) is 5.92 Å². The van der Waals surface area contributed by atoms with Crippen molar-refractivity contribution in [1.82, 2.24) is 4.90 Å². The molecule has 2 rings (SSSR count). The second-order valence-electron chi connectivity index (χ2n) is 7.29. The van der Waals surface area contributed by atoms with E-state index >= 15 is 0 Å². The lowest BCUT2D eigenvalue weighted by Crippen LogP contribution is -2.59. The summed E-state index contributed by atoms with van der Waals surface area (Å²) in [6, 6.07) is 0. The number of imide groups is 1. The van der Waals surface area contributed by atoms with Crippen molar-refractivity contribution < 1.29 is 19.5 Å². The van der Waals surface area contributed by atoms with Gasteiger partial charge in [-0.2, -0.15) is 0 Å². The molecule has 2 aliphatic rings. The number of rotatable bonds is 3. The van der Waals surface area contributed by atoms with Gasteiger partial charge in [0.25, 0.3) is 0 Å². The van der Waals surface area contributed by atoms with E-state index in [-0.39, 0.29) is 23.7 Å². The number of nitrogens with zero attached hydrogens (tertiary/aromatic N) is 1. The minimum Gasteiger partial charge on any atom is -0.481 e. The van der Waals surface area contributed by atoms with Crippen LogP contribution < -0.4 is 0 Å². The molecule has 2 amide bonds. The highest BCUT2D eigenvalue weighted by Gasteiger charge is 2.60. The number of carbonyl (C=O) groups excluding carboxylic acids is 2. The molecule has 0 bridgehead atoms. The Kier molecular flexibility index (Phi) is 3.23. The summed E-state index contributed by atoms with van der Waals surface area (Å²) < 4.78 is 0. The maximum Gasteiger partial charge on any atom is 0.311 e. The molecule has 2 fully saturated rings. The first-order valence-corrected chi connectivity index (χ1v) is 7.13. The van der Waals surface area contributed by atoms with Crippen LogP contribution >= 0.6 is 0 Å². The number of fused-ring (bicyclic) bond motifs is 1. The third-order valence-corrected chi connectivity index (χ3v) is 5.50. The normalized spacial score (nSPS) is 30.9. The Labute approximate surface area is 119 Å². The second-order valence-corrected chi connectivity index (χ2v) is 7.29. The van der Waals surface area contributed by atoms with Crippen LogP contribution in [0.5, 0.6) is 0 Å². The Hall–Kier alpha value is -1.39. The van der Waals surface area contributed by atoms with Gasteiger partial charge in [-0.05, 0) is 46.5 Å². The predicted octanol–water partition coefficient (Wildman–Crippen LogP) is 1.91. The summed E-state index contributed by atoms with van der Waals surface area (Å²) in [6.45, 7) is 8.51. The summed E-state index contributed by atoms with van der Waals surface area (Å²) in [6.07, 6.45) is 1.46. The van der Waals surface area contributed by atoms with Gasteiger partial charge in [0.15, 0.2) is 0 Å². The van der Waals surface area contributed by atoms with Crippen LogP contribution in [0.25, 0.3) is 0 Å². The van der Waals surface area contributed by atoms with Crippen LogP contribution in [0.1, 0.15) is 47.5 Å². The van der Waals surface area contributed by atoms with Crippen LogP contribution in [-0.4, -0.2) is 33.3 Å². The van der Waals surface area contributed by atoms with Gasteiger partial charge in [0.2, 0.25) is 11.8 Å². The monoisotopic (exact) mass is 281 g/mol. The number of hydrogen-bond donors (Lipinski definition) is 1. The maximum absolute atomic E-state index is 12.6. The zero-order chi connectivity index (χ0) is 15.5. The van der Waals surface area contributed by atoms with Crippen molar-refractivity contribution in [3.63, 3.8) is 0 Å². The molecule has 1 saturated heterocycles. The van der Waals surface area contributed by atoms with E-state index < -0.39 is 16.9 Å². The molecular weight excluding hydrogens is 258 g/mol. The first kappa shape index (κ1) is 15.0. The standard InChI is InChI=1S/C15H23NO4/c1-8-6-9-10(7-8)12(18)16(11(9)17)15(4,5)14(2,3)13(19)20/h8-10H,6-7H2,1-5H3,(H,19,20). The lowest BCUT2D eigenvalue weighted by atomic mass is 9.73. The molecule has 1 N–H and O–H groups in total. The Morgan fingerprint density at radius 2 is 1.50 bits per heavy atom. The van der Waals surface area contributed by atoms with Gasteiger partial charge in [-0.15, -0.1) is 0 Å². The van der Waals surface area contributed by atoms with E-state index in [2.05, 4.69) is 6.92 Å². The molecule has 2 unspecified atom stereocenters. The molecule has 112 valence electrons. The summed E-state index contributed by atoms with van der Waals surface area (Å²) in [5.41, 5.74) is -2.23. The molecule has 1 heterocycles. The van der Waals surface area contributed by atoms with E-state index in [4.69, 9.17) is 0 Å². The molecular formula is C15H23NO4. The summed E-state index contributed by atoms with van der Waals surface area (Å²) >= 11 is 0. The average molecular weight is 281 g/mol. The molecule has 1 aliphatic carbocycles. The molecule has 0 aromatic carbocycles. The Bertz CT molecular complexity index is 456. The molecule has 1 saturated carbocycles. The van der Waals surface area contributed by atoms with Crippen molar-refractivity contribution in [2.75, 3.05) is 0 Å². The van der Waals surface area contributed by atoms with Crippen LogP contribution in [0, 0.1) is 23.2 Å². The summed E-state index contributed by atoms with van der Waals surface area (Å²) in [5.74, 6) is -1.50. The number of amides is 2. The summed E-state index contributed by atoms with van der Waals surface area (Å²) in [4.78, 5) is 37.9. The number of carbonyl (C=O) groups is 3. The molecule has 0 aromatic rings. The highest BCUT2D eigenvalue weighted by atomic mass is 16.4. The van der Waals surface area contributed by atoms with Crippen LogP contribution in [0.15, 0.2) is 0 Å². The van der Waals surface area contributed by atoms with Crippen molar-refractivity contribution in [3.8, 4) is 0 Å². The zero-order valence-corrected chi connectivity index (χ0v) is 12.8. The predicted molar refractivity (Wildman–Crippen MR) is 72.7 cm³/mol. The minimum absolute atomic E-state index is 0.191. The van der Waals surface area contributed by atoms with Crippen molar-refractivity contribution in [2.24, 2.45) is 23.2 Å². The molecule has 5 nitrogen and oxygen atoms in total. The van der Waals surface area contributed by atoms with Crippen molar-refractivity contribution in [3.05, 3.63) is 0 Å². The lowest BCUT2D eigenvalue weighted by molar-refractivity contribution is -0.163. The van der Waals surface area contributed by atoms with Gasteiger partial charge in [0.05, 0.1) is 22.8 Å². The van der Waals surface area contributed by atoms with Gasteiger partial charge in [-0.3, -0.25) is 19.3 Å². The maximum atomic E-state index is 12.6. The molecule has 5 heteroatoms. The summed E-state index contributed by atoms with van der Waals surface area (Å²) in [7, 11) is 0. The first-order valence-electron chi connectivity index (χ1n) is 7.13. The second kappa shape index (κ2) is 4.30. The average Bonchev–Trinajstić information content (AvgIpc) is 2.78. The van der Waals surface area contributed by atoms with Gasteiger partial charge in [-0.25, -0.2) is 0 Å². The number of likely N-dealkylation sites (tertiary alicyclic amines) is 1. The molecule has 2 atom stereocenters. The lowest BCUT2D eigenvalue weighted by Gasteiger charge is -2.44. The number of carboxylic acid groups (broad SMARTS) is 1.